The molecule has 2 aromatic carbocycles. The van der Waals surface area contributed by atoms with Gasteiger partial charge in [-0.15, -0.1) is 0 Å². The maximum Gasteiger partial charge on any atom is 0.238 e. The zero-order valence-corrected chi connectivity index (χ0v) is 17.1. The Labute approximate surface area is 175 Å². The van der Waals surface area contributed by atoms with E-state index in [0.717, 1.165) is 0 Å². The summed E-state index contributed by atoms with van der Waals surface area (Å²) in [5.74, 6) is 0.491. The van der Waals surface area contributed by atoms with Gasteiger partial charge in [-0.1, -0.05) is 0 Å². The van der Waals surface area contributed by atoms with Crippen molar-refractivity contribution < 1.29 is 23.5 Å². The summed E-state index contributed by atoms with van der Waals surface area (Å²) in [6, 6.07) is 10.9. The van der Waals surface area contributed by atoms with Crippen LogP contribution in [-0.4, -0.2) is 50.6 Å². The molecule has 0 radical (unpaired) electrons. The van der Waals surface area contributed by atoms with E-state index in [4.69, 9.17) is 9.47 Å². The monoisotopic (exact) mass is 415 g/mol. The second-order valence-electron chi connectivity index (χ2n) is 7.16. The largest absolute Gasteiger partial charge is 0.497 e. The van der Waals surface area contributed by atoms with Gasteiger partial charge in [0.15, 0.2) is 0 Å². The van der Waals surface area contributed by atoms with Crippen molar-refractivity contribution in [1.29, 1.82) is 0 Å². The highest BCUT2D eigenvalue weighted by atomic mass is 19.1. The average molecular weight is 415 g/mol. The number of ether oxygens (including phenoxy) is 2. The highest BCUT2D eigenvalue weighted by molar-refractivity contribution is 5.94. The Balaban J connectivity index is 1.47. The van der Waals surface area contributed by atoms with Crippen molar-refractivity contribution in [2.24, 2.45) is 5.92 Å². The first kappa shape index (κ1) is 21.6. The number of rotatable bonds is 7. The summed E-state index contributed by atoms with van der Waals surface area (Å²) in [5, 5.41) is 5.68. The zero-order valence-electron chi connectivity index (χ0n) is 17.1. The lowest BCUT2D eigenvalue weighted by molar-refractivity contribution is -0.121. The normalized spacial score (nSPS) is 14.8. The molecule has 0 saturated carbocycles. The summed E-state index contributed by atoms with van der Waals surface area (Å²) < 4.78 is 23.4. The first-order valence-electron chi connectivity index (χ1n) is 9.79. The molecule has 1 saturated heterocycles. The van der Waals surface area contributed by atoms with Gasteiger partial charge in [0.2, 0.25) is 11.8 Å². The molecule has 2 aromatic rings. The molecular weight excluding hydrogens is 389 g/mol. The van der Waals surface area contributed by atoms with E-state index >= 15 is 0 Å². The number of nitrogens with zero attached hydrogens (tertiary/aromatic N) is 1. The molecule has 1 heterocycles. The van der Waals surface area contributed by atoms with Crippen LogP contribution in [-0.2, 0) is 9.59 Å². The molecule has 0 unspecified atom stereocenters. The molecule has 0 aliphatic carbocycles. The molecule has 2 amide bonds. The van der Waals surface area contributed by atoms with Gasteiger partial charge in [-0.3, -0.25) is 14.5 Å². The molecule has 160 valence electrons. The first-order chi connectivity index (χ1) is 14.5. The van der Waals surface area contributed by atoms with Gasteiger partial charge in [-0.25, -0.2) is 4.39 Å². The van der Waals surface area contributed by atoms with Crippen LogP contribution in [0.5, 0.6) is 11.5 Å². The highest BCUT2D eigenvalue weighted by Crippen LogP contribution is 2.30. The van der Waals surface area contributed by atoms with Crippen molar-refractivity contribution in [2.75, 3.05) is 44.5 Å². The van der Waals surface area contributed by atoms with E-state index in [1.54, 1.807) is 32.4 Å². The van der Waals surface area contributed by atoms with Gasteiger partial charge in [0.1, 0.15) is 17.3 Å². The Kier molecular flexibility index (Phi) is 7.24. The molecule has 0 aromatic heterocycles. The van der Waals surface area contributed by atoms with Crippen LogP contribution < -0.4 is 20.1 Å². The number of piperidine rings is 1. The van der Waals surface area contributed by atoms with Crippen molar-refractivity contribution in [3.8, 4) is 11.5 Å². The molecule has 7 nitrogen and oxygen atoms in total. The van der Waals surface area contributed by atoms with Crippen LogP contribution in [0.25, 0.3) is 0 Å². The van der Waals surface area contributed by atoms with Gasteiger partial charge in [-0.2, -0.15) is 0 Å². The molecule has 2 N–H and O–H groups in total. The summed E-state index contributed by atoms with van der Waals surface area (Å²) in [6.45, 7) is 1.53. The van der Waals surface area contributed by atoms with Gasteiger partial charge in [0.25, 0.3) is 0 Å². The summed E-state index contributed by atoms with van der Waals surface area (Å²) in [4.78, 5) is 26.9. The highest BCUT2D eigenvalue weighted by Gasteiger charge is 2.26. The number of methoxy groups -OCH3 is 2. The van der Waals surface area contributed by atoms with E-state index in [2.05, 4.69) is 10.6 Å². The molecule has 1 fully saturated rings. The fourth-order valence-electron chi connectivity index (χ4n) is 3.43. The predicted octanol–water partition coefficient (Wildman–Crippen LogP) is 3.13. The number of hydrogen-bond donors (Lipinski definition) is 2. The van der Waals surface area contributed by atoms with Crippen molar-refractivity contribution in [2.45, 2.75) is 12.8 Å². The number of benzene rings is 2. The fraction of sp³-hybridized carbons (Fsp3) is 0.364. The number of carbonyl (C=O) groups is 2. The van der Waals surface area contributed by atoms with Crippen molar-refractivity contribution >= 4 is 23.2 Å². The molecule has 30 heavy (non-hydrogen) atoms. The number of carbonyl (C=O) groups excluding carboxylic acids is 2. The molecule has 1 aliphatic rings. The Bertz CT molecular complexity index is 880. The first-order valence-corrected chi connectivity index (χ1v) is 9.79. The van der Waals surface area contributed by atoms with Gasteiger partial charge in [0, 0.05) is 17.7 Å². The summed E-state index contributed by atoms with van der Waals surface area (Å²) in [6.07, 6.45) is 1.32. The van der Waals surface area contributed by atoms with Gasteiger partial charge in [-0.05, 0) is 62.3 Å². The molecular formula is C22H26FN3O4. The lowest BCUT2D eigenvalue weighted by atomic mass is 9.95. The molecule has 3 rings (SSSR count). The van der Waals surface area contributed by atoms with Crippen LogP contribution in [0.3, 0.4) is 0 Å². The Morgan fingerprint density at radius 2 is 1.73 bits per heavy atom. The van der Waals surface area contributed by atoms with Crippen molar-refractivity contribution in [3.05, 3.63) is 48.3 Å². The lowest BCUT2D eigenvalue weighted by Crippen LogP contribution is -2.41. The van der Waals surface area contributed by atoms with Gasteiger partial charge >= 0.3 is 0 Å². The van der Waals surface area contributed by atoms with Crippen LogP contribution in [0.1, 0.15) is 12.8 Å². The van der Waals surface area contributed by atoms with Gasteiger partial charge in [0.05, 0.1) is 26.5 Å². The average Bonchev–Trinajstić information content (AvgIpc) is 2.76. The van der Waals surface area contributed by atoms with E-state index in [-0.39, 0.29) is 30.1 Å². The third-order valence-electron chi connectivity index (χ3n) is 5.12. The third kappa shape index (κ3) is 5.70. The zero-order chi connectivity index (χ0) is 21.5. The van der Waals surface area contributed by atoms with Crippen LogP contribution in [0, 0.1) is 11.7 Å². The Morgan fingerprint density at radius 3 is 2.37 bits per heavy atom. The topological polar surface area (TPSA) is 79.9 Å². The van der Waals surface area contributed by atoms with Crippen molar-refractivity contribution in [3.63, 3.8) is 0 Å². The molecule has 8 heteroatoms. The minimum atomic E-state index is -0.347. The second-order valence-corrected chi connectivity index (χ2v) is 7.16. The number of anilines is 2. The van der Waals surface area contributed by atoms with Gasteiger partial charge < -0.3 is 20.1 Å². The van der Waals surface area contributed by atoms with Crippen LogP contribution >= 0.6 is 0 Å². The minimum Gasteiger partial charge on any atom is -0.497 e. The number of halogens is 1. The summed E-state index contributed by atoms with van der Waals surface area (Å²) in [5.41, 5.74) is 1.16. The van der Waals surface area contributed by atoms with E-state index < -0.39 is 0 Å². The smallest absolute Gasteiger partial charge is 0.238 e. The molecule has 0 bridgehead atoms. The number of hydrogen-bond acceptors (Lipinski definition) is 5. The Morgan fingerprint density at radius 1 is 1.03 bits per heavy atom. The van der Waals surface area contributed by atoms with Crippen molar-refractivity contribution in [1.82, 2.24) is 4.90 Å². The van der Waals surface area contributed by atoms with Crippen LogP contribution in [0.2, 0.25) is 0 Å². The van der Waals surface area contributed by atoms with E-state index in [1.807, 2.05) is 4.90 Å². The minimum absolute atomic E-state index is 0.0612. The molecule has 0 atom stereocenters. The third-order valence-corrected chi connectivity index (χ3v) is 5.12. The standard InChI is InChI=1S/C22H26FN3O4/c1-29-18-7-8-19(20(13-18)30-2)25-22(28)15-9-11-26(12-10-15)14-21(27)24-17-5-3-16(23)4-6-17/h3-8,13,15H,9-12,14H2,1-2H3,(H,24,27)(H,25,28). The Hall–Kier alpha value is -3.13. The predicted molar refractivity (Wildman–Crippen MR) is 112 cm³/mol. The van der Waals surface area contributed by atoms with Crippen LogP contribution in [0.15, 0.2) is 42.5 Å². The van der Waals surface area contributed by atoms with Crippen LogP contribution in [0.4, 0.5) is 15.8 Å². The summed E-state index contributed by atoms with van der Waals surface area (Å²) in [7, 11) is 3.11. The quantitative estimate of drug-likeness (QED) is 0.726. The fourth-order valence-corrected chi connectivity index (χ4v) is 3.43. The molecule has 0 spiro atoms. The number of amides is 2. The molecule has 1 aliphatic heterocycles. The maximum absolute atomic E-state index is 12.9. The maximum atomic E-state index is 12.9. The lowest BCUT2D eigenvalue weighted by Gasteiger charge is -2.30. The summed E-state index contributed by atoms with van der Waals surface area (Å²) >= 11 is 0. The van der Waals surface area contributed by atoms with E-state index in [0.29, 0.717) is 48.8 Å². The second kappa shape index (κ2) is 10.1. The number of likely N-dealkylation sites (tertiary alicyclic amines) is 1. The van der Waals surface area contributed by atoms with E-state index in [1.165, 1.54) is 24.3 Å². The SMILES string of the molecule is COc1ccc(NC(=O)C2CCN(CC(=O)Nc3ccc(F)cc3)CC2)c(OC)c1. The van der Waals surface area contributed by atoms with E-state index in [9.17, 15) is 14.0 Å². The number of nitrogens with one attached hydrogen (secondary N) is 2.